The van der Waals surface area contributed by atoms with Crippen LogP contribution in [-0.2, 0) is 9.59 Å². The maximum absolute atomic E-state index is 12.0. The second-order valence-corrected chi connectivity index (χ2v) is 8.57. The molecule has 0 heterocycles. The molecule has 0 aliphatic heterocycles. The van der Waals surface area contributed by atoms with Crippen molar-refractivity contribution in [1.82, 2.24) is 10.2 Å². The number of nitrogens with one attached hydrogen (secondary N) is 1. The Kier molecular flexibility index (Phi) is 6.06. The number of aliphatic carboxylic acids is 1. The van der Waals surface area contributed by atoms with Crippen LogP contribution in [0.4, 0.5) is 0 Å². The van der Waals surface area contributed by atoms with Crippen LogP contribution in [0.15, 0.2) is 0 Å². The summed E-state index contributed by atoms with van der Waals surface area (Å²) in [5.41, 5.74) is 0.280. The topological polar surface area (TPSA) is 69.6 Å². The lowest BCUT2D eigenvalue weighted by Crippen LogP contribution is -2.55. The van der Waals surface area contributed by atoms with Gasteiger partial charge < -0.3 is 10.4 Å². The molecule has 2 N–H and O–H groups in total. The molecule has 5 heteroatoms. The van der Waals surface area contributed by atoms with Crippen molar-refractivity contribution >= 4 is 11.9 Å². The summed E-state index contributed by atoms with van der Waals surface area (Å²) in [5.74, 6) is 0.0883. The monoisotopic (exact) mass is 324 g/mol. The van der Waals surface area contributed by atoms with Gasteiger partial charge in [-0.05, 0) is 49.9 Å². The van der Waals surface area contributed by atoms with Crippen molar-refractivity contribution in [2.75, 3.05) is 13.1 Å². The van der Waals surface area contributed by atoms with Gasteiger partial charge in [0.2, 0.25) is 5.91 Å². The normalized spacial score (nSPS) is 24.3. The zero-order valence-electron chi connectivity index (χ0n) is 14.8. The summed E-state index contributed by atoms with van der Waals surface area (Å²) in [7, 11) is 0. The van der Waals surface area contributed by atoms with Crippen LogP contribution in [0.25, 0.3) is 0 Å². The molecule has 0 aromatic heterocycles. The highest BCUT2D eigenvalue weighted by Crippen LogP contribution is 2.33. The zero-order valence-corrected chi connectivity index (χ0v) is 14.8. The van der Waals surface area contributed by atoms with Gasteiger partial charge in [-0.3, -0.25) is 14.5 Å². The zero-order chi connectivity index (χ0) is 17.0. The van der Waals surface area contributed by atoms with Crippen LogP contribution in [0.1, 0.15) is 65.7 Å². The quantitative estimate of drug-likeness (QED) is 0.684. The van der Waals surface area contributed by atoms with Gasteiger partial charge in [0, 0.05) is 25.0 Å². The lowest BCUT2D eigenvalue weighted by molar-refractivity contribution is -0.140. The highest BCUT2D eigenvalue weighted by Gasteiger charge is 2.37. The Balaban J connectivity index is 1.64. The van der Waals surface area contributed by atoms with Crippen LogP contribution >= 0.6 is 0 Å². The summed E-state index contributed by atoms with van der Waals surface area (Å²) in [4.78, 5) is 25.1. The maximum Gasteiger partial charge on any atom is 0.317 e. The number of hydrogen-bond acceptors (Lipinski definition) is 3. The van der Waals surface area contributed by atoms with Gasteiger partial charge in [-0.25, -0.2) is 0 Å². The maximum atomic E-state index is 12.0. The average molecular weight is 324 g/mol. The number of carbonyl (C=O) groups is 2. The second-order valence-electron chi connectivity index (χ2n) is 8.57. The summed E-state index contributed by atoms with van der Waals surface area (Å²) in [6, 6.07) is 0.559. The molecule has 2 fully saturated rings. The highest BCUT2D eigenvalue weighted by molar-refractivity contribution is 5.76. The molecule has 2 saturated carbocycles. The van der Waals surface area contributed by atoms with Gasteiger partial charge >= 0.3 is 5.97 Å². The molecule has 0 saturated heterocycles. The molecule has 0 aromatic rings. The fourth-order valence-corrected chi connectivity index (χ4v) is 3.23. The molecular formula is C18H32N2O3. The Hall–Kier alpha value is -1.10. The number of hydrogen-bond donors (Lipinski definition) is 2. The van der Waals surface area contributed by atoms with Crippen LogP contribution in [0.3, 0.4) is 0 Å². The summed E-state index contributed by atoms with van der Waals surface area (Å²) < 4.78 is 0. The highest BCUT2D eigenvalue weighted by atomic mass is 16.4. The Labute approximate surface area is 139 Å². The van der Waals surface area contributed by atoms with Crippen LogP contribution in [0.2, 0.25) is 0 Å². The lowest BCUT2D eigenvalue weighted by Gasteiger charge is -2.42. The van der Waals surface area contributed by atoms with Crippen molar-refractivity contribution in [3.05, 3.63) is 0 Å². The third-order valence-electron chi connectivity index (χ3n) is 4.85. The Morgan fingerprint density at radius 2 is 1.87 bits per heavy atom. The molecule has 5 nitrogen and oxygen atoms in total. The van der Waals surface area contributed by atoms with Crippen molar-refractivity contribution < 1.29 is 14.7 Å². The van der Waals surface area contributed by atoms with Crippen molar-refractivity contribution in [2.45, 2.75) is 77.8 Å². The van der Waals surface area contributed by atoms with Crippen LogP contribution < -0.4 is 5.32 Å². The van der Waals surface area contributed by atoms with Crippen LogP contribution in [-0.4, -0.2) is 47.1 Å². The molecule has 2 aliphatic carbocycles. The van der Waals surface area contributed by atoms with E-state index in [1.165, 1.54) is 12.8 Å². The average Bonchev–Trinajstić information content (AvgIpc) is 3.14. The SMILES string of the molecule is CC(C)(C)CCCC(=O)NC1CC(N(CC(=O)O)CC2CC2)C1. The molecule has 2 aliphatic rings. The number of carbonyl (C=O) groups excluding carboxylic acids is 1. The molecule has 0 aromatic carbocycles. The summed E-state index contributed by atoms with van der Waals surface area (Å²) >= 11 is 0. The first-order valence-corrected chi connectivity index (χ1v) is 8.98. The number of carboxylic acids is 1. The number of rotatable bonds is 9. The van der Waals surface area contributed by atoms with Crippen molar-refractivity contribution in [3.63, 3.8) is 0 Å². The Morgan fingerprint density at radius 1 is 1.22 bits per heavy atom. The molecule has 0 spiro atoms. The van der Waals surface area contributed by atoms with Crippen molar-refractivity contribution in [1.29, 1.82) is 0 Å². The number of nitrogens with zero attached hydrogens (tertiary/aromatic N) is 1. The van der Waals surface area contributed by atoms with E-state index < -0.39 is 5.97 Å². The Morgan fingerprint density at radius 3 is 2.39 bits per heavy atom. The number of amides is 1. The van der Waals surface area contributed by atoms with Gasteiger partial charge in [-0.1, -0.05) is 20.8 Å². The van der Waals surface area contributed by atoms with E-state index in [0.29, 0.717) is 18.4 Å². The number of carboxylic acid groups (broad SMARTS) is 1. The third kappa shape index (κ3) is 6.90. The molecule has 1 amide bonds. The summed E-state index contributed by atoms with van der Waals surface area (Å²) in [6.45, 7) is 7.62. The minimum atomic E-state index is -0.750. The van der Waals surface area contributed by atoms with E-state index >= 15 is 0 Å². The molecule has 0 radical (unpaired) electrons. The molecule has 2 rings (SSSR count). The molecule has 132 valence electrons. The molecular weight excluding hydrogens is 292 g/mol. The van der Waals surface area contributed by atoms with Gasteiger partial charge in [0.25, 0.3) is 0 Å². The fourth-order valence-electron chi connectivity index (χ4n) is 3.23. The van der Waals surface area contributed by atoms with E-state index in [0.717, 1.165) is 32.2 Å². The van der Waals surface area contributed by atoms with Gasteiger partial charge in [0.1, 0.15) is 0 Å². The Bertz CT molecular complexity index is 420. The van der Waals surface area contributed by atoms with Crippen molar-refractivity contribution in [2.24, 2.45) is 11.3 Å². The second kappa shape index (κ2) is 7.65. The summed E-state index contributed by atoms with van der Waals surface area (Å²) in [6.07, 6.45) is 6.84. The summed E-state index contributed by atoms with van der Waals surface area (Å²) in [5, 5.41) is 12.1. The van der Waals surface area contributed by atoms with Gasteiger partial charge in [-0.15, -0.1) is 0 Å². The van der Waals surface area contributed by atoms with Gasteiger partial charge in [0.15, 0.2) is 0 Å². The van der Waals surface area contributed by atoms with E-state index in [1.54, 1.807) is 0 Å². The van der Waals surface area contributed by atoms with Gasteiger partial charge in [-0.2, -0.15) is 0 Å². The largest absolute Gasteiger partial charge is 0.480 e. The van der Waals surface area contributed by atoms with E-state index in [1.807, 2.05) is 0 Å². The van der Waals surface area contributed by atoms with Gasteiger partial charge in [0.05, 0.1) is 6.54 Å². The smallest absolute Gasteiger partial charge is 0.317 e. The van der Waals surface area contributed by atoms with E-state index in [9.17, 15) is 9.59 Å². The lowest BCUT2D eigenvalue weighted by atomic mass is 9.85. The first-order valence-electron chi connectivity index (χ1n) is 8.98. The molecule has 0 bridgehead atoms. The third-order valence-corrected chi connectivity index (χ3v) is 4.85. The van der Waals surface area contributed by atoms with Crippen molar-refractivity contribution in [3.8, 4) is 0 Å². The fraction of sp³-hybridized carbons (Fsp3) is 0.889. The minimum Gasteiger partial charge on any atom is -0.480 e. The van der Waals surface area contributed by atoms with Crippen LogP contribution in [0, 0.1) is 11.3 Å². The predicted octanol–water partition coefficient (Wildman–Crippen LogP) is 2.65. The molecule has 23 heavy (non-hydrogen) atoms. The van der Waals surface area contributed by atoms with E-state index in [-0.39, 0.29) is 23.9 Å². The first kappa shape index (κ1) is 18.2. The minimum absolute atomic E-state index is 0.132. The molecule has 0 unspecified atom stereocenters. The predicted molar refractivity (Wildman–Crippen MR) is 90.2 cm³/mol. The van der Waals surface area contributed by atoms with E-state index in [2.05, 4.69) is 31.0 Å². The molecule has 0 atom stereocenters. The standard InChI is InChI=1S/C18H32N2O3/c1-18(2,3)8-4-5-16(21)19-14-9-15(10-14)20(12-17(22)23)11-13-6-7-13/h13-15H,4-12H2,1-3H3,(H,19,21)(H,22,23). The van der Waals surface area contributed by atoms with E-state index in [4.69, 9.17) is 5.11 Å². The van der Waals surface area contributed by atoms with Crippen LogP contribution in [0.5, 0.6) is 0 Å². The first-order chi connectivity index (χ1) is 10.7.